The number of aliphatic hydroxyl groups is 1. The summed E-state index contributed by atoms with van der Waals surface area (Å²) in [6.45, 7) is 7.36. The predicted octanol–water partition coefficient (Wildman–Crippen LogP) is 2.25. The van der Waals surface area contributed by atoms with Crippen LogP contribution in [0.1, 0.15) is 52.4 Å². The van der Waals surface area contributed by atoms with Crippen LogP contribution in [-0.4, -0.2) is 48.8 Å². The van der Waals surface area contributed by atoms with Gasteiger partial charge in [0.2, 0.25) is 0 Å². The highest BCUT2D eigenvalue weighted by Gasteiger charge is 2.19. The van der Waals surface area contributed by atoms with Crippen LogP contribution in [0.3, 0.4) is 0 Å². The van der Waals surface area contributed by atoms with Gasteiger partial charge in [-0.05, 0) is 45.3 Å². The zero-order chi connectivity index (χ0) is 13.4. The maximum Gasteiger partial charge on any atom is 0.0692 e. The van der Waals surface area contributed by atoms with E-state index in [2.05, 4.69) is 31.1 Å². The van der Waals surface area contributed by atoms with Gasteiger partial charge in [0.1, 0.15) is 0 Å². The van der Waals surface area contributed by atoms with Crippen LogP contribution in [0.5, 0.6) is 0 Å². The lowest BCUT2D eigenvalue weighted by molar-refractivity contribution is 0.0999. The van der Waals surface area contributed by atoms with E-state index in [0.717, 1.165) is 32.0 Å². The Bertz CT molecular complexity index is 207. The second-order valence-corrected chi connectivity index (χ2v) is 5.77. The van der Waals surface area contributed by atoms with Crippen LogP contribution in [0.15, 0.2) is 0 Å². The minimum absolute atomic E-state index is 0.177. The molecule has 1 fully saturated rings. The summed E-state index contributed by atoms with van der Waals surface area (Å²) in [4.78, 5) is 2.49. The van der Waals surface area contributed by atoms with Crippen molar-refractivity contribution in [1.29, 1.82) is 0 Å². The molecule has 0 spiro atoms. The molecule has 1 aliphatic rings. The number of nitrogens with one attached hydrogen (secondary N) is 1. The molecule has 3 nitrogen and oxygen atoms in total. The highest BCUT2D eigenvalue weighted by Crippen LogP contribution is 2.17. The van der Waals surface area contributed by atoms with Crippen LogP contribution >= 0.6 is 0 Å². The Labute approximate surface area is 113 Å². The van der Waals surface area contributed by atoms with Gasteiger partial charge in [0.25, 0.3) is 0 Å². The fourth-order valence-electron chi connectivity index (χ4n) is 3.03. The first-order chi connectivity index (χ1) is 8.69. The molecule has 0 bridgehead atoms. The zero-order valence-corrected chi connectivity index (χ0v) is 12.5. The molecular weight excluding hydrogens is 224 g/mol. The monoisotopic (exact) mass is 256 g/mol. The van der Waals surface area contributed by atoms with Crippen molar-refractivity contribution in [3.8, 4) is 0 Å². The standard InChI is InChI=1S/C15H32N2O/c1-4-13(5-2)15(18)12-16-10-9-14-8-6-7-11-17(14)3/h13-16,18H,4-12H2,1-3H3. The number of likely N-dealkylation sites (tertiary alicyclic amines) is 1. The maximum absolute atomic E-state index is 10.0. The van der Waals surface area contributed by atoms with Gasteiger partial charge in [-0.25, -0.2) is 0 Å². The van der Waals surface area contributed by atoms with E-state index in [-0.39, 0.29) is 6.10 Å². The van der Waals surface area contributed by atoms with Gasteiger partial charge in [-0.1, -0.05) is 33.1 Å². The summed E-state index contributed by atoms with van der Waals surface area (Å²) < 4.78 is 0. The number of rotatable bonds is 8. The minimum atomic E-state index is -0.177. The Morgan fingerprint density at radius 3 is 2.61 bits per heavy atom. The lowest BCUT2D eigenvalue weighted by Crippen LogP contribution is -2.39. The van der Waals surface area contributed by atoms with Crippen molar-refractivity contribution in [2.45, 2.75) is 64.5 Å². The molecule has 0 aromatic rings. The Hall–Kier alpha value is -0.120. The average molecular weight is 256 g/mol. The third-order valence-electron chi connectivity index (χ3n) is 4.52. The van der Waals surface area contributed by atoms with E-state index >= 15 is 0 Å². The van der Waals surface area contributed by atoms with Crippen molar-refractivity contribution in [3.63, 3.8) is 0 Å². The van der Waals surface area contributed by atoms with Crippen LogP contribution in [0.25, 0.3) is 0 Å². The van der Waals surface area contributed by atoms with Gasteiger partial charge in [0, 0.05) is 12.6 Å². The summed E-state index contributed by atoms with van der Waals surface area (Å²) in [6, 6.07) is 0.747. The number of hydrogen-bond acceptors (Lipinski definition) is 3. The van der Waals surface area contributed by atoms with E-state index < -0.39 is 0 Å². The summed E-state index contributed by atoms with van der Waals surface area (Å²) in [5.74, 6) is 0.454. The Kier molecular flexibility index (Phi) is 7.87. The van der Waals surface area contributed by atoms with Gasteiger partial charge in [-0.2, -0.15) is 0 Å². The summed E-state index contributed by atoms with van der Waals surface area (Å²) >= 11 is 0. The maximum atomic E-state index is 10.0. The fraction of sp³-hybridized carbons (Fsp3) is 1.00. The fourth-order valence-corrected chi connectivity index (χ4v) is 3.03. The molecule has 1 rings (SSSR count). The first-order valence-corrected chi connectivity index (χ1v) is 7.78. The van der Waals surface area contributed by atoms with E-state index in [0.29, 0.717) is 5.92 Å². The van der Waals surface area contributed by atoms with E-state index in [9.17, 15) is 5.11 Å². The molecule has 2 N–H and O–H groups in total. The Morgan fingerprint density at radius 2 is 2.00 bits per heavy atom. The Balaban J connectivity index is 2.10. The van der Waals surface area contributed by atoms with Crippen molar-refractivity contribution >= 4 is 0 Å². The predicted molar refractivity (Wildman–Crippen MR) is 77.8 cm³/mol. The van der Waals surface area contributed by atoms with Gasteiger partial charge in [0.15, 0.2) is 0 Å². The molecule has 2 unspecified atom stereocenters. The van der Waals surface area contributed by atoms with Crippen molar-refractivity contribution in [2.24, 2.45) is 5.92 Å². The molecule has 1 saturated heterocycles. The second kappa shape index (κ2) is 8.89. The Morgan fingerprint density at radius 1 is 1.28 bits per heavy atom. The summed E-state index contributed by atoms with van der Waals surface area (Å²) in [5.41, 5.74) is 0. The zero-order valence-electron chi connectivity index (χ0n) is 12.5. The van der Waals surface area contributed by atoms with Crippen LogP contribution in [0, 0.1) is 5.92 Å². The summed E-state index contributed by atoms with van der Waals surface area (Å²) in [7, 11) is 2.24. The number of piperidine rings is 1. The molecule has 0 aromatic heterocycles. The van der Waals surface area contributed by atoms with Gasteiger partial charge in [-0.15, -0.1) is 0 Å². The smallest absolute Gasteiger partial charge is 0.0692 e. The lowest BCUT2D eigenvalue weighted by Gasteiger charge is -2.32. The van der Waals surface area contributed by atoms with Crippen LogP contribution < -0.4 is 5.32 Å². The highest BCUT2D eigenvalue weighted by atomic mass is 16.3. The molecular formula is C15H32N2O. The summed E-state index contributed by atoms with van der Waals surface area (Å²) in [5, 5.41) is 13.5. The van der Waals surface area contributed by atoms with E-state index in [1.54, 1.807) is 0 Å². The molecule has 18 heavy (non-hydrogen) atoms. The lowest BCUT2D eigenvalue weighted by atomic mass is 9.96. The molecule has 1 aliphatic heterocycles. The minimum Gasteiger partial charge on any atom is -0.392 e. The first-order valence-electron chi connectivity index (χ1n) is 7.78. The van der Waals surface area contributed by atoms with Gasteiger partial charge in [-0.3, -0.25) is 0 Å². The number of hydrogen-bond donors (Lipinski definition) is 2. The second-order valence-electron chi connectivity index (χ2n) is 5.77. The van der Waals surface area contributed by atoms with Gasteiger partial charge in [0.05, 0.1) is 6.10 Å². The largest absolute Gasteiger partial charge is 0.392 e. The van der Waals surface area contributed by atoms with Crippen molar-refractivity contribution in [2.75, 3.05) is 26.7 Å². The van der Waals surface area contributed by atoms with E-state index in [4.69, 9.17) is 0 Å². The van der Waals surface area contributed by atoms with Crippen LogP contribution in [0.2, 0.25) is 0 Å². The third-order valence-corrected chi connectivity index (χ3v) is 4.52. The topological polar surface area (TPSA) is 35.5 Å². The molecule has 1 heterocycles. The van der Waals surface area contributed by atoms with Crippen molar-refractivity contribution in [3.05, 3.63) is 0 Å². The number of nitrogens with zero attached hydrogens (tertiary/aromatic N) is 1. The van der Waals surface area contributed by atoms with Crippen LogP contribution in [0.4, 0.5) is 0 Å². The molecule has 3 heteroatoms. The first kappa shape index (κ1) is 15.9. The van der Waals surface area contributed by atoms with Crippen molar-refractivity contribution < 1.29 is 5.11 Å². The molecule has 0 saturated carbocycles. The van der Waals surface area contributed by atoms with E-state index in [1.165, 1.54) is 32.2 Å². The SMILES string of the molecule is CCC(CC)C(O)CNCCC1CCCCN1C. The van der Waals surface area contributed by atoms with Gasteiger partial charge < -0.3 is 15.3 Å². The summed E-state index contributed by atoms with van der Waals surface area (Å²) in [6.07, 6.45) is 7.26. The van der Waals surface area contributed by atoms with Gasteiger partial charge >= 0.3 is 0 Å². The average Bonchev–Trinajstić information content (AvgIpc) is 2.38. The number of aliphatic hydroxyl groups excluding tert-OH is 1. The molecule has 108 valence electrons. The molecule has 2 atom stereocenters. The van der Waals surface area contributed by atoms with Crippen LogP contribution in [-0.2, 0) is 0 Å². The quantitative estimate of drug-likeness (QED) is 0.654. The van der Waals surface area contributed by atoms with E-state index in [1.807, 2.05) is 0 Å². The third kappa shape index (κ3) is 5.25. The molecule has 0 aliphatic carbocycles. The normalized spacial score (nSPS) is 23.5. The molecule has 0 amide bonds. The molecule has 0 aromatic carbocycles. The molecule has 0 radical (unpaired) electrons. The highest BCUT2D eigenvalue weighted by molar-refractivity contribution is 4.75. The van der Waals surface area contributed by atoms with Crippen molar-refractivity contribution in [1.82, 2.24) is 10.2 Å².